The lowest BCUT2D eigenvalue weighted by Gasteiger charge is -1.90. The van der Waals surface area contributed by atoms with Gasteiger partial charge in [0.15, 0.2) is 0 Å². The number of fused-ring (bicyclic) bond motifs is 1. The first kappa shape index (κ1) is 8.52. The van der Waals surface area contributed by atoms with Crippen molar-refractivity contribution in [1.29, 1.82) is 0 Å². The highest BCUT2D eigenvalue weighted by Crippen LogP contribution is 2.30. The topological polar surface area (TPSA) is 0 Å². The molecule has 2 rings (SSSR count). The second-order valence-electron chi connectivity index (χ2n) is 3.43. The third kappa shape index (κ3) is 1.52. The summed E-state index contributed by atoms with van der Waals surface area (Å²) in [4.78, 5) is 1.29. The average Bonchev–Trinajstić information content (AvgIpc) is 2.46. The van der Waals surface area contributed by atoms with E-state index in [1.807, 2.05) is 11.3 Å². The van der Waals surface area contributed by atoms with E-state index < -0.39 is 0 Å². The molecule has 0 amide bonds. The van der Waals surface area contributed by atoms with Crippen LogP contribution in [0.1, 0.15) is 17.4 Å². The summed E-state index contributed by atoms with van der Waals surface area (Å²) >= 11 is 1.82. The van der Waals surface area contributed by atoms with Gasteiger partial charge in [-0.25, -0.2) is 0 Å². The Bertz CT molecular complexity index is 463. The summed E-state index contributed by atoms with van der Waals surface area (Å²) in [5, 5.41) is 1.33. The van der Waals surface area contributed by atoms with E-state index in [1.165, 1.54) is 20.5 Å². The van der Waals surface area contributed by atoms with E-state index >= 15 is 0 Å². The van der Waals surface area contributed by atoms with E-state index in [4.69, 9.17) is 0 Å². The van der Waals surface area contributed by atoms with Crippen LogP contribution in [0.5, 0.6) is 0 Å². The second kappa shape index (κ2) is 3.00. The molecule has 1 heterocycles. The zero-order chi connectivity index (χ0) is 9.42. The van der Waals surface area contributed by atoms with Crippen LogP contribution in [-0.2, 0) is 0 Å². The highest BCUT2D eigenvalue weighted by atomic mass is 32.1. The number of benzene rings is 1. The van der Waals surface area contributed by atoms with Gasteiger partial charge in [-0.1, -0.05) is 18.7 Å². The monoisotopic (exact) mass is 188 g/mol. The van der Waals surface area contributed by atoms with Crippen molar-refractivity contribution in [3.8, 4) is 0 Å². The maximum Gasteiger partial charge on any atom is 0.0351 e. The Morgan fingerprint density at radius 2 is 2.08 bits per heavy atom. The van der Waals surface area contributed by atoms with Crippen molar-refractivity contribution in [2.45, 2.75) is 13.8 Å². The maximum atomic E-state index is 3.95. The fraction of sp³-hybridized carbons (Fsp3) is 0.167. The number of thiophene rings is 1. The molecular weight excluding hydrogens is 176 g/mol. The first-order valence-corrected chi connectivity index (χ1v) is 5.14. The number of aryl methyl sites for hydroxylation is 1. The molecule has 1 aromatic heterocycles. The molecule has 0 aliphatic heterocycles. The molecule has 0 atom stereocenters. The summed E-state index contributed by atoms with van der Waals surface area (Å²) in [5.41, 5.74) is 2.47. The van der Waals surface area contributed by atoms with Crippen molar-refractivity contribution in [3.05, 3.63) is 41.3 Å². The average molecular weight is 188 g/mol. The Morgan fingerprint density at radius 3 is 2.77 bits per heavy atom. The summed E-state index contributed by atoms with van der Waals surface area (Å²) < 4.78 is 1.36. The third-order valence-corrected chi connectivity index (χ3v) is 3.36. The molecule has 0 aliphatic rings. The van der Waals surface area contributed by atoms with Crippen LogP contribution in [-0.4, -0.2) is 0 Å². The minimum absolute atomic E-state index is 1.15. The number of hydrogen-bond donors (Lipinski definition) is 0. The van der Waals surface area contributed by atoms with Gasteiger partial charge in [-0.3, -0.25) is 0 Å². The molecule has 0 spiro atoms. The predicted octanol–water partition coefficient (Wildman–Crippen LogP) is 4.24. The van der Waals surface area contributed by atoms with Crippen molar-refractivity contribution < 1.29 is 0 Å². The first-order valence-electron chi connectivity index (χ1n) is 4.33. The summed E-state index contributed by atoms with van der Waals surface area (Å²) in [6, 6.07) is 8.76. The molecule has 0 radical (unpaired) electrons. The largest absolute Gasteiger partial charge is 0.136 e. The van der Waals surface area contributed by atoms with Gasteiger partial charge in [0.1, 0.15) is 0 Å². The number of rotatable bonds is 1. The molecule has 2 aromatic rings. The normalized spacial score (nSPS) is 10.6. The van der Waals surface area contributed by atoms with Gasteiger partial charge < -0.3 is 0 Å². The molecule has 1 aromatic carbocycles. The minimum atomic E-state index is 1.15. The lowest BCUT2D eigenvalue weighted by molar-refractivity contribution is 1.52. The summed E-state index contributed by atoms with van der Waals surface area (Å²) in [7, 11) is 0. The molecule has 0 unspecified atom stereocenters. The Balaban J connectivity index is 2.68. The first-order chi connectivity index (χ1) is 6.16. The summed E-state index contributed by atoms with van der Waals surface area (Å²) in [6.07, 6.45) is 0. The SMILES string of the molecule is C=C(C)c1cc2ccc(C)cc2s1. The fourth-order valence-electron chi connectivity index (χ4n) is 1.35. The Hall–Kier alpha value is -1.08. The predicted molar refractivity (Wildman–Crippen MR) is 61.3 cm³/mol. The van der Waals surface area contributed by atoms with Gasteiger partial charge in [0.25, 0.3) is 0 Å². The fourth-order valence-corrected chi connectivity index (χ4v) is 2.44. The highest BCUT2D eigenvalue weighted by molar-refractivity contribution is 7.20. The van der Waals surface area contributed by atoms with Crippen LogP contribution in [0, 0.1) is 6.92 Å². The molecule has 0 aliphatic carbocycles. The highest BCUT2D eigenvalue weighted by Gasteiger charge is 2.01. The Morgan fingerprint density at radius 1 is 1.31 bits per heavy atom. The molecule has 0 saturated heterocycles. The molecule has 13 heavy (non-hydrogen) atoms. The Labute approximate surface area is 82.5 Å². The zero-order valence-corrected chi connectivity index (χ0v) is 8.74. The molecule has 0 bridgehead atoms. The van der Waals surface area contributed by atoms with E-state index in [0.29, 0.717) is 0 Å². The molecule has 1 heteroatoms. The van der Waals surface area contributed by atoms with Crippen LogP contribution < -0.4 is 0 Å². The quantitative estimate of drug-likeness (QED) is 0.628. The van der Waals surface area contributed by atoms with Crippen molar-refractivity contribution in [3.63, 3.8) is 0 Å². The molecule has 0 N–H and O–H groups in total. The lowest BCUT2D eigenvalue weighted by atomic mass is 10.2. The van der Waals surface area contributed by atoms with Gasteiger partial charge in [-0.15, -0.1) is 11.3 Å². The summed E-state index contributed by atoms with van der Waals surface area (Å²) in [6.45, 7) is 8.13. The van der Waals surface area contributed by atoms with Gasteiger partial charge in [0, 0.05) is 9.58 Å². The van der Waals surface area contributed by atoms with Crippen molar-refractivity contribution >= 4 is 27.0 Å². The molecular formula is C12H12S. The second-order valence-corrected chi connectivity index (χ2v) is 4.52. The van der Waals surface area contributed by atoms with Crippen LogP contribution in [0.15, 0.2) is 30.8 Å². The molecule has 0 fully saturated rings. The third-order valence-electron chi connectivity index (χ3n) is 2.10. The van der Waals surface area contributed by atoms with Crippen LogP contribution in [0.2, 0.25) is 0 Å². The van der Waals surface area contributed by atoms with Crippen LogP contribution >= 0.6 is 11.3 Å². The van der Waals surface area contributed by atoms with Gasteiger partial charge >= 0.3 is 0 Å². The maximum absolute atomic E-state index is 3.95. The number of allylic oxidation sites excluding steroid dienone is 1. The van der Waals surface area contributed by atoms with Gasteiger partial charge in [0.05, 0.1) is 0 Å². The van der Waals surface area contributed by atoms with E-state index in [1.54, 1.807) is 0 Å². The van der Waals surface area contributed by atoms with Crippen molar-refractivity contribution in [1.82, 2.24) is 0 Å². The van der Waals surface area contributed by atoms with E-state index in [2.05, 4.69) is 44.7 Å². The minimum Gasteiger partial charge on any atom is -0.136 e. The van der Waals surface area contributed by atoms with E-state index in [0.717, 1.165) is 5.57 Å². The standard InChI is InChI=1S/C12H12S/c1-8(2)11-7-10-5-4-9(3)6-12(10)13-11/h4-7H,1H2,2-3H3. The van der Waals surface area contributed by atoms with Crippen molar-refractivity contribution in [2.75, 3.05) is 0 Å². The van der Waals surface area contributed by atoms with Gasteiger partial charge in [0.2, 0.25) is 0 Å². The molecule has 0 saturated carbocycles. The molecule has 66 valence electrons. The van der Waals surface area contributed by atoms with Crippen LogP contribution in [0.4, 0.5) is 0 Å². The van der Waals surface area contributed by atoms with E-state index in [9.17, 15) is 0 Å². The van der Waals surface area contributed by atoms with Gasteiger partial charge in [-0.05, 0) is 42.5 Å². The van der Waals surface area contributed by atoms with Crippen molar-refractivity contribution in [2.24, 2.45) is 0 Å². The molecule has 0 nitrogen and oxygen atoms in total. The zero-order valence-electron chi connectivity index (χ0n) is 7.92. The van der Waals surface area contributed by atoms with E-state index in [-0.39, 0.29) is 0 Å². The lowest BCUT2D eigenvalue weighted by Crippen LogP contribution is -1.67. The Kier molecular flexibility index (Phi) is 1.97. The van der Waals surface area contributed by atoms with Crippen LogP contribution in [0.3, 0.4) is 0 Å². The smallest absolute Gasteiger partial charge is 0.0351 e. The van der Waals surface area contributed by atoms with Gasteiger partial charge in [-0.2, -0.15) is 0 Å². The number of hydrogen-bond acceptors (Lipinski definition) is 1. The summed E-state index contributed by atoms with van der Waals surface area (Å²) in [5.74, 6) is 0. The van der Waals surface area contributed by atoms with Crippen LogP contribution in [0.25, 0.3) is 15.7 Å².